The average molecular weight is 422 g/mol. The molecule has 0 saturated carbocycles. The molecule has 0 heterocycles. The average Bonchev–Trinajstić information content (AvgIpc) is 2.68. The number of ether oxygens (including phenoxy) is 2. The summed E-state index contributed by atoms with van der Waals surface area (Å²) in [5.41, 5.74) is -0.769. The highest BCUT2D eigenvalue weighted by Crippen LogP contribution is 2.29. The Morgan fingerprint density at radius 2 is 1.87 bits per heavy atom. The third-order valence-corrected chi connectivity index (χ3v) is 4.11. The van der Waals surface area contributed by atoms with Gasteiger partial charge in [-0.25, -0.2) is 0 Å². The predicted octanol–water partition coefficient (Wildman–Crippen LogP) is 4.33. The molecule has 0 bridgehead atoms. The number of nitrogens with zero attached hydrogens (tertiary/aromatic N) is 1. The van der Waals surface area contributed by atoms with Crippen molar-refractivity contribution in [3.63, 3.8) is 0 Å². The number of carbonyl (C=O) groups is 1. The molecule has 0 saturated heterocycles. The van der Waals surface area contributed by atoms with E-state index >= 15 is 0 Å². The van der Waals surface area contributed by atoms with Crippen LogP contribution in [-0.4, -0.2) is 29.5 Å². The molecule has 1 atom stereocenters. The number of hydrogen-bond donors (Lipinski definition) is 2. The van der Waals surface area contributed by atoms with Crippen molar-refractivity contribution in [3.8, 4) is 23.3 Å². The summed E-state index contributed by atoms with van der Waals surface area (Å²) in [6.45, 7) is 3.19. The Balaban J connectivity index is 2.08. The standard InChI is InChI=1S/C21H21F3N2O4/c1-3-5-16-17(27)6-4-7-18(16)29-13-20(2,12-25)26-19(28)14-8-10-15(11-9-14)30-21(22,23)24/h4,6-11,27H,3,5,13H2,1-2H3,(H,26,28)/t20-/m1/s1. The fraction of sp³-hybridized carbons (Fsp3) is 0.333. The van der Waals surface area contributed by atoms with Gasteiger partial charge in [0.2, 0.25) is 0 Å². The van der Waals surface area contributed by atoms with E-state index in [1.54, 1.807) is 12.1 Å². The molecule has 2 rings (SSSR count). The molecule has 0 radical (unpaired) electrons. The maximum absolute atomic E-state index is 12.4. The summed E-state index contributed by atoms with van der Waals surface area (Å²) >= 11 is 0. The fourth-order valence-electron chi connectivity index (χ4n) is 2.64. The maximum atomic E-state index is 12.4. The van der Waals surface area contributed by atoms with Gasteiger partial charge in [-0.15, -0.1) is 13.2 Å². The minimum Gasteiger partial charge on any atom is -0.508 e. The van der Waals surface area contributed by atoms with E-state index in [1.165, 1.54) is 13.0 Å². The topological polar surface area (TPSA) is 91.6 Å². The van der Waals surface area contributed by atoms with Gasteiger partial charge in [-0.1, -0.05) is 19.4 Å². The maximum Gasteiger partial charge on any atom is 0.573 e. The second kappa shape index (κ2) is 9.39. The summed E-state index contributed by atoms with van der Waals surface area (Å²) in [6, 6.07) is 11.1. The fourth-order valence-corrected chi connectivity index (χ4v) is 2.64. The van der Waals surface area contributed by atoms with Crippen molar-refractivity contribution in [1.82, 2.24) is 5.32 Å². The Bertz CT molecular complexity index is 923. The first-order valence-corrected chi connectivity index (χ1v) is 9.10. The monoisotopic (exact) mass is 422 g/mol. The number of nitrogens with one attached hydrogen (secondary N) is 1. The van der Waals surface area contributed by atoms with Gasteiger partial charge in [-0.3, -0.25) is 4.79 Å². The molecule has 1 amide bonds. The molecule has 30 heavy (non-hydrogen) atoms. The molecule has 2 aromatic carbocycles. The van der Waals surface area contributed by atoms with Crippen molar-refractivity contribution >= 4 is 5.91 Å². The molecule has 0 aliphatic carbocycles. The van der Waals surface area contributed by atoms with E-state index in [0.717, 1.165) is 30.7 Å². The number of hydrogen-bond acceptors (Lipinski definition) is 5. The highest BCUT2D eigenvalue weighted by molar-refractivity contribution is 5.95. The lowest BCUT2D eigenvalue weighted by Gasteiger charge is -2.24. The van der Waals surface area contributed by atoms with Crippen molar-refractivity contribution in [2.24, 2.45) is 0 Å². The first kappa shape index (κ1) is 22.9. The second-order valence-electron chi connectivity index (χ2n) is 6.76. The van der Waals surface area contributed by atoms with E-state index in [-0.39, 0.29) is 17.9 Å². The van der Waals surface area contributed by atoms with Crippen LogP contribution in [0.15, 0.2) is 42.5 Å². The lowest BCUT2D eigenvalue weighted by molar-refractivity contribution is -0.274. The van der Waals surface area contributed by atoms with Crippen LogP contribution in [0.2, 0.25) is 0 Å². The Morgan fingerprint density at radius 1 is 1.20 bits per heavy atom. The highest BCUT2D eigenvalue weighted by Gasteiger charge is 2.31. The summed E-state index contributed by atoms with van der Waals surface area (Å²) in [5.74, 6) is -0.636. The van der Waals surface area contributed by atoms with Crippen LogP contribution in [0.1, 0.15) is 36.2 Å². The molecular formula is C21H21F3N2O4. The molecule has 0 unspecified atom stereocenters. The number of phenols is 1. The van der Waals surface area contributed by atoms with E-state index in [4.69, 9.17) is 4.74 Å². The number of phenolic OH excluding ortho intramolecular Hbond substituents is 1. The van der Waals surface area contributed by atoms with Crippen molar-refractivity contribution < 1.29 is 32.5 Å². The van der Waals surface area contributed by atoms with Gasteiger partial charge < -0.3 is 19.9 Å². The van der Waals surface area contributed by atoms with Crippen molar-refractivity contribution in [2.75, 3.05) is 6.61 Å². The molecule has 0 spiro atoms. The third kappa shape index (κ3) is 6.30. The molecule has 0 aliphatic rings. The van der Waals surface area contributed by atoms with Crippen LogP contribution in [0, 0.1) is 11.3 Å². The molecule has 2 N–H and O–H groups in total. The van der Waals surface area contributed by atoms with E-state index in [0.29, 0.717) is 17.7 Å². The smallest absolute Gasteiger partial charge is 0.508 e. The Labute approximate surface area is 171 Å². The zero-order valence-corrected chi connectivity index (χ0v) is 16.4. The van der Waals surface area contributed by atoms with Gasteiger partial charge in [0.15, 0.2) is 5.54 Å². The van der Waals surface area contributed by atoms with Gasteiger partial charge >= 0.3 is 6.36 Å². The Kier molecular flexibility index (Phi) is 7.16. The highest BCUT2D eigenvalue weighted by atomic mass is 19.4. The largest absolute Gasteiger partial charge is 0.573 e. The first-order valence-electron chi connectivity index (χ1n) is 9.10. The van der Waals surface area contributed by atoms with Crippen LogP contribution in [-0.2, 0) is 6.42 Å². The molecule has 9 heteroatoms. The first-order chi connectivity index (χ1) is 14.1. The molecule has 160 valence electrons. The van der Waals surface area contributed by atoms with E-state index < -0.39 is 23.6 Å². The minimum absolute atomic E-state index is 0.0510. The summed E-state index contributed by atoms with van der Waals surface area (Å²) in [7, 11) is 0. The van der Waals surface area contributed by atoms with E-state index in [9.17, 15) is 28.3 Å². The van der Waals surface area contributed by atoms with Gasteiger partial charge in [0.1, 0.15) is 23.9 Å². The lowest BCUT2D eigenvalue weighted by Crippen LogP contribution is -2.49. The molecular weight excluding hydrogens is 401 g/mol. The van der Waals surface area contributed by atoms with Crippen LogP contribution < -0.4 is 14.8 Å². The number of rotatable bonds is 8. The third-order valence-electron chi connectivity index (χ3n) is 4.11. The predicted molar refractivity (Wildman–Crippen MR) is 102 cm³/mol. The number of nitriles is 1. The van der Waals surface area contributed by atoms with Gasteiger partial charge in [0.25, 0.3) is 5.91 Å². The zero-order chi connectivity index (χ0) is 22.4. The number of halogens is 3. The molecule has 0 aliphatic heterocycles. The number of alkyl halides is 3. The van der Waals surface area contributed by atoms with Gasteiger partial charge in [0.05, 0.1) is 6.07 Å². The van der Waals surface area contributed by atoms with Crippen LogP contribution in [0.3, 0.4) is 0 Å². The normalized spacial score (nSPS) is 13.1. The van der Waals surface area contributed by atoms with Crippen LogP contribution in [0.5, 0.6) is 17.2 Å². The Hall–Kier alpha value is -3.41. The van der Waals surface area contributed by atoms with Crippen molar-refractivity contribution in [1.29, 1.82) is 5.26 Å². The Morgan fingerprint density at radius 3 is 2.43 bits per heavy atom. The molecule has 2 aromatic rings. The second-order valence-corrected chi connectivity index (χ2v) is 6.76. The number of amides is 1. The van der Waals surface area contributed by atoms with Crippen molar-refractivity contribution in [3.05, 3.63) is 53.6 Å². The van der Waals surface area contributed by atoms with Gasteiger partial charge in [0, 0.05) is 11.1 Å². The summed E-state index contributed by atoms with van der Waals surface area (Å²) in [4.78, 5) is 12.4. The zero-order valence-electron chi connectivity index (χ0n) is 16.4. The SMILES string of the molecule is CCCc1c(O)cccc1OC[C@@](C)(C#N)NC(=O)c1ccc(OC(F)(F)F)cc1. The van der Waals surface area contributed by atoms with Crippen LogP contribution in [0.4, 0.5) is 13.2 Å². The van der Waals surface area contributed by atoms with E-state index in [1.807, 2.05) is 13.0 Å². The van der Waals surface area contributed by atoms with Crippen molar-refractivity contribution in [2.45, 2.75) is 38.6 Å². The molecule has 0 aromatic heterocycles. The minimum atomic E-state index is -4.83. The van der Waals surface area contributed by atoms with Crippen LogP contribution in [0.25, 0.3) is 0 Å². The molecule has 6 nitrogen and oxygen atoms in total. The number of aromatic hydroxyl groups is 1. The summed E-state index contributed by atoms with van der Waals surface area (Å²) < 4.78 is 46.1. The number of benzene rings is 2. The summed E-state index contributed by atoms with van der Waals surface area (Å²) in [6.07, 6.45) is -3.48. The molecule has 0 fully saturated rings. The van der Waals surface area contributed by atoms with E-state index in [2.05, 4.69) is 10.1 Å². The lowest BCUT2D eigenvalue weighted by atomic mass is 10.0. The van der Waals surface area contributed by atoms with Gasteiger partial charge in [-0.05, 0) is 49.7 Å². The van der Waals surface area contributed by atoms with Gasteiger partial charge in [-0.2, -0.15) is 5.26 Å². The quantitative estimate of drug-likeness (QED) is 0.661. The number of carbonyl (C=O) groups excluding carboxylic acids is 1. The summed E-state index contributed by atoms with van der Waals surface area (Å²) in [5, 5.41) is 22.0. The van der Waals surface area contributed by atoms with Crippen LogP contribution >= 0.6 is 0 Å².